The number of nitrogens with two attached hydrogens (primary N) is 1. The van der Waals surface area contributed by atoms with Crippen LogP contribution >= 0.6 is 0 Å². The number of morpholine rings is 1. The fourth-order valence-corrected chi connectivity index (χ4v) is 2.28. The van der Waals surface area contributed by atoms with Crippen molar-refractivity contribution in [2.75, 3.05) is 19.7 Å². The predicted octanol–water partition coefficient (Wildman–Crippen LogP) is 1.63. The van der Waals surface area contributed by atoms with Gasteiger partial charge in [0.05, 0.1) is 24.1 Å². The first-order valence-corrected chi connectivity index (χ1v) is 7.09. The molecule has 3 rings (SSSR count). The minimum atomic E-state index is -0.526. The largest absolute Gasteiger partial charge is 0.455 e. The Morgan fingerprint density at radius 2 is 2.18 bits per heavy atom. The van der Waals surface area contributed by atoms with E-state index >= 15 is 0 Å². The molecule has 0 aliphatic carbocycles. The van der Waals surface area contributed by atoms with Crippen LogP contribution in [0.5, 0.6) is 11.5 Å². The second-order valence-corrected chi connectivity index (χ2v) is 4.94. The van der Waals surface area contributed by atoms with E-state index in [0.29, 0.717) is 23.7 Å². The van der Waals surface area contributed by atoms with Gasteiger partial charge in [0, 0.05) is 13.1 Å². The van der Waals surface area contributed by atoms with E-state index in [2.05, 4.69) is 10.3 Å². The van der Waals surface area contributed by atoms with Gasteiger partial charge in [-0.2, -0.15) is 0 Å². The maximum Gasteiger partial charge on any atom is 0.252 e. The molecule has 6 heteroatoms. The average Bonchev–Trinajstić information content (AvgIpc) is 2.57. The van der Waals surface area contributed by atoms with Gasteiger partial charge in [0.15, 0.2) is 0 Å². The lowest BCUT2D eigenvalue weighted by Gasteiger charge is -2.23. The summed E-state index contributed by atoms with van der Waals surface area (Å²) in [7, 11) is 0. The molecule has 0 radical (unpaired) electrons. The first-order chi connectivity index (χ1) is 10.7. The number of primary amides is 1. The van der Waals surface area contributed by atoms with Crippen molar-refractivity contribution in [2.45, 2.75) is 6.10 Å². The number of benzene rings is 1. The Bertz CT molecular complexity index is 652. The van der Waals surface area contributed by atoms with Crippen molar-refractivity contribution in [1.82, 2.24) is 10.3 Å². The molecular weight excluding hydrogens is 282 g/mol. The van der Waals surface area contributed by atoms with Gasteiger partial charge < -0.3 is 20.5 Å². The molecule has 1 amide bonds. The number of ether oxygens (including phenoxy) is 2. The Hall–Kier alpha value is -2.44. The molecule has 0 spiro atoms. The van der Waals surface area contributed by atoms with Crippen LogP contribution in [0.1, 0.15) is 22.2 Å². The van der Waals surface area contributed by atoms with E-state index in [1.807, 2.05) is 6.07 Å². The number of para-hydroxylation sites is 1. The second kappa shape index (κ2) is 6.55. The smallest absolute Gasteiger partial charge is 0.252 e. The number of nitrogens with one attached hydrogen (secondary N) is 1. The van der Waals surface area contributed by atoms with Crippen LogP contribution in [0.25, 0.3) is 0 Å². The van der Waals surface area contributed by atoms with Crippen LogP contribution in [-0.4, -0.2) is 30.6 Å². The Kier molecular flexibility index (Phi) is 4.32. The number of pyridine rings is 1. The number of carbonyl (C=O) groups is 1. The van der Waals surface area contributed by atoms with Gasteiger partial charge in [-0.15, -0.1) is 0 Å². The van der Waals surface area contributed by atoms with Crippen LogP contribution in [0, 0.1) is 0 Å². The average molecular weight is 299 g/mol. The molecular formula is C16H17N3O3. The number of rotatable bonds is 4. The molecule has 1 aliphatic rings. The van der Waals surface area contributed by atoms with Gasteiger partial charge in [0.1, 0.15) is 17.6 Å². The third kappa shape index (κ3) is 3.24. The first-order valence-electron chi connectivity index (χ1n) is 7.09. The van der Waals surface area contributed by atoms with Crippen LogP contribution in [0.3, 0.4) is 0 Å². The summed E-state index contributed by atoms with van der Waals surface area (Å²) < 4.78 is 11.3. The Morgan fingerprint density at radius 1 is 1.32 bits per heavy atom. The number of hydrogen-bond acceptors (Lipinski definition) is 5. The minimum Gasteiger partial charge on any atom is -0.455 e. The first kappa shape index (κ1) is 14.5. The zero-order valence-corrected chi connectivity index (χ0v) is 12.0. The lowest BCUT2D eigenvalue weighted by atomic mass is 10.2. The van der Waals surface area contributed by atoms with E-state index in [0.717, 1.165) is 18.8 Å². The molecule has 1 unspecified atom stereocenters. The molecule has 2 aromatic rings. The zero-order valence-electron chi connectivity index (χ0n) is 12.0. The quantitative estimate of drug-likeness (QED) is 0.896. The molecule has 6 nitrogen and oxygen atoms in total. The van der Waals surface area contributed by atoms with Gasteiger partial charge >= 0.3 is 0 Å². The van der Waals surface area contributed by atoms with Crippen molar-refractivity contribution >= 4 is 5.91 Å². The number of carbonyl (C=O) groups excluding carboxylic acids is 1. The maximum atomic E-state index is 11.4. The molecule has 1 aliphatic heterocycles. The monoisotopic (exact) mass is 299 g/mol. The summed E-state index contributed by atoms with van der Waals surface area (Å²) >= 11 is 0. The van der Waals surface area contributed by atoms with E-state index in [-0.39, 0.29) is 6.10 Å². The molecule has 0 bridgehead atoms. The van der Waals surface area contributed by atoms with Crippen LogP contribution in [0.2, 0.25) is 0 Å². The molecule has 22 heavy (non-hydrogen) atoms. The summed E-state index contributed by atoms with van der Waals surface area (Å²) in [4.78, 5) is 15.7. The molecule has 1 saturated heterocycles. The van der Waals surface area contributed by atoms with Gasteiger partial charge in [-0.3, -0.25) is 9.78 Å². The van der Waals surface area contributed by atoms with Gasteiger partial charge in [-0.05, 0) is 24.3 Å². The van der Waals surface area contributed by atoms with Crippen LogP contribution < -0.4 is 15.8 Å². The summed E-state index contributed by atoms with van der Waals surface area (Å²) in [5, 5.41) is 3.26. The summed E-state index contributed by atoms with van der Waals surface area (Å²) in [6, 6.07) is 10.5. The zero-order chi connectivity index (χ0) is 15.4. The standard InChI is InChI=1S/C16H17N3O3/c17-16(20)12-3-1-2-4-14(12)22-11-5-6-13(19-9-11)15-10-18-7-8-21-15/h1-6,9,15,18H,7-8,10H2,(H2,17,20). The SMILES string of the molecule is NC(=O)c1ccccc1Oc1ccc(C2CNCCO2)nc1. The van der Waals surface area contributed by atoms with Crippen LogP contribution in [0.15, 0.2) is 42.6 Å². The molecule has 1 fully saturated rings. The number of aromatic nitrogens is 1. The van der Waals surface area contributed by atoms with Crippen molar-refractivity contribution in [2.24, 2.45) is 5.73 Å². The maximum absolute atomic E-state index is 11.4. The molecule has 3 N–H and O–H groups in total. The third-order valence-corrected chi connectivity index (χ3v) is 3.40. The van der Waals surface area contributed by atoms with E-state index in [9.17, 15) is 4.79 Å². The van der Waals surface area contributed by atoms with Crippen LogP contribution in [-0.2, 0) is 4.74 Å². The summed E-state index contributed by atoms with van der Waals surface area (Å²) in [6.07, 6.45) is 1.58. The predicted molar refractivity (Wildman–Crippen MR) is 80.8 cm³/mol. The molecule has 1 aromatic carbocycles. The summed E-state index contributed by atoms with van der Waals surface area (Å²) in [5.74, 6) is 0.434. The van der Waals surface area contributed by atoms with Crippen molar-refractivity contribution in [3.8, 4) is 11.5 Å². The molecule has 0 saturated carbocycles. The highest BCUT2D eigenvalue weighted by atomic mass is 16.5. The minimum absolute atomic E-state index is 0.0410. The Labute approximate surface area is 128 Å². The van der Waals surface area contributed by atoms with Gasteiger partial charge in [-0.25, -0.2) is 0 Å². The highest BCUT2D eigenvalue weighted by Crippen LogP contribution is 2.26. The molecule has 114 valence electrons. The highest BCUT2D eigenvalue weighted by Gasteiger charge is 2.17. The topological polar surface area (TPSA) is 86.5 Å². The van der Waals surface area contributed by atoms with E-state index < -0.39 is 5.91 Å². The fraction of sp³-hybridized carbons (Fsp3) is 0.250. The van der Waals surface area contributed by atoms with E-state index in [4.69, 9.17) is 15.2 Å². The van der Waals surface area contributed by atoms with E-state index in [1.54, 1.807) is 36.5 Å². The third-order valence-electron chi connectivity index (χ3n) is 3.40. The molecule has 1 atom stereocenters. The van der Waals surface area contributed by atoms with Gasteiger partial charge in [-0.1, -0.05) is 12.1 Å². The fourth-order valence-electron chi connectivity index (χ4n) is 2.28. The van der Waals surface area contributed by atoms with Crippen molar-refractivity contribution in [3.05, 3.63) is 53.9 Å². The van der Waals surface area contributed by atoms with Gasteiger partial charge in [0.25, 0.3) is 5.91 Å². The number of hydrogen-bond donors (Lipinski definition) is 2. The van der Waals surface area contributed by atoms with Crippen molar-refractivity contribution in [1.29, 1.82) is 0 Å². The Morgan fingerprint density at radius 3 is 2.86 bits per heavy atom. The Balaban J connectivity index is 1.75. The van der Waals surface area contributed by atoms with E-state index in [1.165, 1.54) is 0 Å². The van der Waals surface area contributed by atoms with Crippen molar-refractivity contribution in [3.63, 3.8) is 0 Å². The van der Waals surface area contributed by atoms with Gasteiger partial charge in [0.2, 0.25) is 0 Å². The summed E-state index contributed by atoms with van der Waals surface area (Å²) in [5.41, 5.74) is 6.52. The lowest BCUT2D eigenvalue weighted by molar-refractivity contribution is 0.0250. The second-order valence-electron chi connectivity index (χ2n) is 4.94. The highest BCUT2D eigenvalue weighted by molar-refractivity contribution is 5.95. The summed E-state index contributed by atoms with van der Waals surface area (Å²) in [6.45, 7) is 2.29. The number of amides is 1. The van der Waals surface area contributed by atoms with Crippen molar-refractivity contribution < 1.29 is 14.3 Å². The number of nitrogens with zero attached hydrogens (tertiary/aromatic N) is 1. The van der Waals surface area contributed by atoms with Crippen LogP contribution in [0.4, 0.5) is 0 Å². The normalized spacial score (nSPS) is 17.9. The molecule has 1 aromatic heterocycles. The molecule has 2 heterocycles. The lowest BCUT2D eigenvalue weighted by Crippen LogP contribution is -2.33.